The fourth-order valence-corrected chi connectivity index (χ4v) is 4.42. The molecule has 2 heterocycles. The summed E-state index contributed by atoms with van der Waals surface area (Å²) in [5, 5.41) is 2.79. The number of Topliss-reactive ketones (excluding diaryl/α,β-unsaturated/α-hetero) is 1. The molecule has 1 aromatic carbocycles. The van der Waals surface area contributed by atoms with Crippen LogP contribution >= 0.6 is 0 Å². The number of ketones is 1. The summed E-state index contributed by atoms with van der Waals surface area (Å²) in [6.45, 7) is 9.58. The fraction of sp³-hybridized carbons (Fsp3) is 0.458. The number of hydrogen-bond acceptors (Lipinski definition) is 3. The number of hydrogen-bond donors (Lipinski definition) is 1. The van der Waals surface area contributed by atoms with Gasteiger partial charge in [-0.1, -0.05) is 38.1 Å². The van der Waals surface area contributed by atoms with E-state index >= 15 is 0 Å². The number of carbonyl (C=O) groups excluding carboxylic acids is 3. The molecule has 3 amide bonds. The van der Waals surface area contributed by atoms with Crippen LogP contribution in [0.3, 0.4) is 0 Å². The Morgan fingerprint density at radius 3 is 2.37 bits per heavy atom. The highest BCUT2D eigenvalue weighted by Gasteiger charge is 2.49. The lowest BCUT2D eigenvalue weighted by atomic mass is 9.90. The van der Waals surface area contributed by atoms with E-state index in [4.69, 9.17) is 0 Å². The van der Waals surface area contributed by atoms with Crippen molar-refractivity contribution in [2.24, 2.45) is 0 Å². The topological polar surface area (TPSA) is 71.4 Å². The Morgan fingerprint density at radius 1 is 1.17 bits per heavy atom. The second-order valence-electron chi connectivity index (χ2n) is 9.03. The van der Waals surface area contributed by atoms with Crippen molar-refractivity contribution in [1.82, 2.24) is 14.8 Å². The molecule has 0 unspecified atom stereocenters. The molecule has 1 atom stereocenters. The highest BCUT2D eigenvalue weighted by Crippen LogP contribution is 2.38. The molecule has 4 rings (SSSR count). The van der Waals surface area contributed by atoms with Crippen molar-refractivity contribution in [2.75, 3.05) is 6.54 Å². The zero-order chi connectivity index (χ0) is 21.8. The zero-order valence-electron chi connectivity index (χ0n) is 18.3. The highest BCUT2D eigenvalue weighted by molar-refractivity contribution is 6.11. The Labute approximate surface area is 177 Å². The van der Waals surface area contributed by atoms with Gasteiger partial charge in [0.15, 0.2) is 5.78 Å². The first kappa shape index (κ1) is 20.4. The number of amides is 3. The van der Waals surface area contributed by atoms with Crippen LogP contribution in [-0.2, 0) is 10.3 Å². The summed E-state index contributed by atoms with van der Waals surface area (Å²) in [7, 11) is 0. The first-order valence-corrected chi connectivity index (χ1v) is 10.6. The Kier molecular flexibility index (Phi) is 4.83. The number of rotatable bonds is 6. The van der Waals surface area contributed by atoms with E-state index in [1.165, 1.54) is 0 Å². The van der Waals surface area contributed by atoms with Gasteiger partial charge in [-0.3, -0.25) is 14.5 Å². The summed E-state index contributed by atoms with van der Waals surface area (Å²) in [6.07, 6.45) is 2.26. The first-order chi connectivity index (χ1) is 14.1. The molecular weight excluding hydrogens is 378 g/mol. The Hall–Kier alpha value is -2.89. The Morgan fingerprint density at radius 2 is 1.80 bits per heavy atom. The van der Waals surface area contributed by atoms with Crippen LogP contribution in [0.25, 0.3) is 0 Å². The average Bonchev–Trinajstić information content (AvgIpc) is 3.45. The summed E-state index contributed by atoms with van der Waals surface area (Å²) >= 11 is 0. The van der Waals surface area contributed by atoms with Crippen LogP contribution in [0.15, 0.2) is 30.3 Å². The van der Waals surface area contributed by atoms with Gasteiger partial charge in [0.2, 0.25) is 0 Å². The van der Waals surface area contributed by atoms with E-state index in [1.54, 1.807) is 6.92 Å². The molecule has 1 N–H and O–H groups in total. The highest BCUT2D eigenvalue weighted by atomic mass is 16.2. The number of urea groups is 1. The molecule has 158 valence electrons. The minimum absolute atomic E-state index is 0.210. The number of benzene rings is 1. The zero-order valence-corrected chi connectivity index (χ0v) is 18.3. The third-order valence-corrected chi connectivity index (χ3v) is 6.43. The molecule has 6 heteroatoms. The third-order valence-electron chi connectivity index (χ3n) is 6.43. The van der Waals surface area contributed by atoms with Crippen LogP contribution in [0.1, 0.15) is 78.4 Å². The molecule has 2 fully saturated rings. The summed E-state index contributed by atoms with van der Waals surface area (Å²) < 4.78 is 2.19. The van der Waals surface area contributed by atoms with Gasteiger partial charge in [0.1, 0.15) is 5.54 Å². The van der Waals surface area contributed by atoms with Crippen LogP contribution in [-0.4, -0.2) is 33.7 Å². The quantitative estimate of drug-likeness (QED) is 0.576. The van der Waals surface area contributed by atoms with Crippen LogP contribution < -0.4 is 5.32 Å². The molecule has 1 aliphatic heterocycles. The first-order valence-electron chi connectivity index (χ1n) is 10.6. The maximum atomic E-state index is 13.2. The second-order valence-corrected chi connectivity index (χ2v) is 9.03. The van der Waals surface area contributed by atoms with Crippen LogP contribution in [0.2, 0.25) is 0 Å². The number of nitrogens with one attached hydrogen (secondary N) is 1. The van der Waals surface area contributed by atoms with Crippen molar-refractivity contribution in [2.45, 2.75) is 65.0 Å². The normalized spacial score (nSPS) is 21.5. The van der Waals surface area contributed by atoms with E-state index in [-0.39, 0.29) is 12.3 Å². The van der Waals surface area contributed by atoms with Crippen molar-refractivity contribution in [3.63, 3.8) is 0 Å². The van der Waals surface area contributed by atoms with E-state index in [1.807, 2.05) is 44.2 Å². The summed E-state index contributed by atoms with van der Waals surface area (Å²) in [5.41, 5.74) is 3.27. The van der Waals surface area contributed by atoms with Gasteiger partial charge in [-0.25, -0.2) is 4.79 Å². The molecule has 0 radical (unpaired) electrons. The second kappa shape index (κ2) is 7.11. The Bertz CT molecular complexity index is 1030. The standard InChI is InChI=1S/C24H29N3O3/c1-14(2)17-6-8-18(9-7-17)24(5)22(29)26(23(30)25-24)13-21(28)20-12-15(3)27(16(20)4)19-10-11-19/h6-9,12,14,19H,10-11,13H2,1-5H3,(H,25,30)/t24-/m0/s1. The molecule has 1 aromatic heterocycles. The number of imide groups is 1. The van der Waals surface area contributed by atoms with Gasteiger partial charge in [-0.2, -0.15) is 0 Å². The van der Waals surface area contributed by atoms with Gasteiger partial charge in [0, 0.05) is 23.0 Å². The van der Waals surface area contributed by atoms with Gasteiger partial charge >= 0.3 is 6.03 Å². The summed E-state index contributed by atoms with van der Waals surface area (Å²) in [4.78, 5) is 39.9. The predicted molar refractivity (Wildman–Crippen MR) is 115 cm³/mol. The average molecular weight is 408 g/mol. The van der Waals surface area contributed by atoms with Gasteiger partial charge < -0.3 is 9.88 Å². The minimum Gasteiger partial charge on any atom is -0.345 e. The van der Waals surface area contributed by atoms with Crippen LogP contribution in [0, 0.1) is 13.8 Å². The smallest absolute Gasteiger partial charge is 0.325 e. The maximum absolute atomic E-state index is 13.2. The van der Waals surface area contributed by atoms with Gasteiger partial charge in [-0.15, -0.1) is 0 Å². The lowest BCUT2D eigenvalue weighted by molar-refractivity contribution is -0.130. The van der Waals surface area contributed by atoms with Gasteiger partial charge in [0.25, 0.3) is 5.91 Å². The van der Waals surface area contributed by atoms with E-state index in [9.17, 15) is 14.4 Å². The molecule has 0 bridgehead atoms. The van der Waals surface area contributed by atoms with Gasteiger partial charge in [0.05, 0.1) is 6.54 Å². The summed E-state index contributed by atoms with van der Waals surface area (Å²) in [6, 6.07) is 9.53. The van der Waals surface area contributed by atoms with E-state index < -0.39 is 17.5 Å². The van der Waals surface area contributed by atoms with Crippen LogP contribution in [0.4, 0.5) is 4.79 Å². The van der Waals surface area contributed by atoms with Gasteiger partial charge in [-0.05, 0) is 56.7 Å². The van der Waals surface area contributed by atoms with Crippen molar-refractivity contribution in [3.05, 3.63) is 58.4 Å². The molecule has 2 aliphatic rings. The minimum atomic E-state index is -1.17. The molecule has 30 heavy (non-hydrogen) atoms. The fourth-order valence-electron chi connectivity index (χ4n) is 4.42. The van der Waals surface area contributed by atoms with E-state index in [0.717, 1.165) is 34.7 Å². The number of carbonyl (C=O) groups is 3. The number of aromatic nitrogens is 1. The SMILES string of the molecule is Cc1cc(C(=O)CN2C(=O)N[C@@](C)(c3ccc(C(C)C)cc3)C2=O)c(C)n1C1CC1. The lowest BCUT2D eigenvalue weighted by Crippen LogP contribution is -2.41. The van der Waals surface area contributed by atoms with E-state index in [2.05, 4.69) is 23.7 Å². The molecule has 1 aliphatic carbocycles. The van der Waals surface area contributed by atoms with Crippen molar-refractivity contribution >= 4 is 17.7 Å². The largest absolute Gasteiger partial charge is 0.345 e. The number of aryl methyl sites for hydroxylation is 1. The Balaban J connectivity index is 1.56. The monoisotopic (exact) mass is 407 g/mol. The van der Waals surface area contributed by atoms with E-state index in [0.29, 0.717) is 23.1 Å². The molecule has 2 aromatic rings. The molecule has 1 saturated carbocycles. The summed E-state index contributed by atoms with van der Waals surface area (Å²) in [5.74, 6) is -0.225. The lowest BCUT2D eigenvalue weighted by Gasteiger charge is -2.22. The van der Waals surface area contributed by atoms with Crippen molar-refractivity contribution < 1.29 is 14.4 Å². The molecule has 6 nitrogen and oxygen atoms in total. The maximum Gasteiger partial charge on any atom is 0.325 e. The predicted octanol–water partition coefficient (Wildman–Crippen LogP) is 4.21. The molecule has 0 spiro atoms. The van der Waals surface area contributed by atoms with Crippen molar-refractivity contribution in [3.8, 4) is 0 Å². The number of nitrogens with zero attached hydrogens (tertiary/aromatic N) is 2. The van der Waals surface area contributed by atoms with Crippen LogP contribution in [0.5, 0.6) is 0 Å². The van der Waals surface area contributed by atoms with Crippen molar-refractivity contribution in [1.29, 1.82) is 0 Å². The third kappa shape index (κ3) is 3.24. The molecule has 1 saturated heterocycles. The molecular formula is C24H29N3O3.